The third kappa shape index (κ3) is 2.23. The molecule has 2 unspecified atom stereocenters. The van der Waals surface area contributed by atoms with Crippen LogP contribution in [0.5, 0.6) is 0 Å². The highest BCUT2D eigenvalue weighted by Crippen LogP contribution is 2.40. The quantitative estimate of drug-likeness (QED) is 0.686. The summed E-state index contributed by atoms with van der Waals surface area (Å²) in [5, 5.41) is 2.73. The molecule has 0 radical (unpaired) electrons. The normalized spacial score (nSPS) is 29.9. The number of ether oxygens (including phenoxy) is 2. The molecule has 18 heavy (non-hydrogen) atoms. The van der Waals surface area contributed by atoms with Crippen molar-refractivity contribution >= 4 is 11.7 Å². The fourth-order valence-electron chi connectivity index (χ4n) is 2.17. The SMILES string of the molecule is COC[C@H](C)NC(=O)COC12C=CC1C=CC2=O. The molecule has 0 saturated carbocycles. The molecule has 0 aromatic carbocycles. The van der Waals surface area contributed by atoms with Gasteiger partial charge in [-0.1, -0.05) is 12.2 Å². The van der Waals surface area contributed by atoms with Crippen LogP contribution in [-0.2, 0) is 19.1 Å². The molecule has 0 saturated heterocycles. The van der Waals surface area contributed by atoms with Gasteiger partial charge in [-0.2, -0.15) is 0 Å². The molecule has 0 spiro atoms. The van der Waals surface area contributed by atoms with Gasteiger partial charge in [-0.15, -0.1) is 0 Å². The van der Waals surface area contributed by atoms with Crippen molar-refractivity contribution in [2.45, 2.75) is 18.6 Å². The summed E-state index contributed by atoms with van der Waals surface area (Å²) >= 11 is 0. The summed E-state index contributed by atoms with van der Waals surface area (Å²) < 4.78 is 10.4. The summed E-state index contributed by atoms with van der Waals surface area (Å²) in [4.78, 5) is 23.3. The number of fused-ring (bicyclic) bond motifs is 1. The van der Waals surface area contributed by atoms with Gasteiger partial charge in [0.05, 0.1) is 6.61 Å². The monoisotopic (exact) mass is 251 g/mol. The highest BCUT2D eigenvalue weighted by Gasteiger charge is 2.50. The van der Waals surface area contributed by atoms with Crippen LogP contribution >= 0.6 is 0 Å². The van der Waals surface area contributed by atoms with Crippen LogP contribution in [0.2, 0.25) is 0 Å². The predicted molar refractivity (Wildman–Crippen MR) is 64.9 cm³/mol. The summed E-state index contributed by atoms with van der Waals surface area (Å²) in [7, 11) is 1.57. The summed E-state index contributed by atoms with van der Waals surface area (Å²) in [5.41, 5.74) is -0.915. The molecule has 2 aliphatic rings. The Hall–Kier alpha value is -1.46. The second-order valence-corrected chi connectivity index (χ2v) is 4.61. The van der Waals surface area contributed by atoms with Crippen molar-refractivity contribution in [3.8, 4) is 0 Å². The fourth-order valence-corrected chi connectivity index (χ4v) is 2.17. The van der Waals surface area contributed by atoms with Crippen LogP contribution in [0.15, 0.2) is 24.3 Å². The van der Waals surface area contributed by atoms with Gasteiger partial charge in [0.2, 0.25) is 5.91 Å². The maximum absolute atomic E-state index is 11.7. The van der Waals surface area contributed by atoms with E-state index in [1.165, 1.54) is 6.08 Å². The van der Waals surface area contributed by atoms with E-state index in [0.717, 1.165) is 0 Å². The van der Waals surface area contributed by atoms with Crippen LogP contribution in [-0.4, -0.2) is 43.7 Å². The van der Waals surface area contributed by atoms with Gasteiger partial charge in [0.15, 0.2) is 11.4 Å². The number of carbonyl (C=O) groups excluding carboxylic acids is 2. The lowest BCUT2D eigenvalue weighted by atomic mass is 9.79. The Labute approximate surface area is 106 Å². The van der Waals surface area contributed by atoms with Crippen LogP contribution in [0.4, 0.5) is 0 Å². The zero-order valence-electron chi connectivity index (χ0n) is 10.5. The first kappa shape index (κ1) is 13.0. The molecule has 3 atom stereocenters. The largest absolute Gasteiger partial charge is 0.383 e. The minimum Gasteiger partial charge on any atom is -0.383 e. The van der Waals surface area contributed by atoms with Crippen LogP contribution in [0, 0.1) is 5.92 Å². The van der Waals surface area contributed by atoms with Crippen molar-refractivity contribution in [1.29, 1.82) is 0 Å². The number of carbonyl (C=O) groups is 2. The summed E-state index contributed by atoms with van der Waals surface area (Å²) in [6.07, 6.45) is 6.92. The lowest BCUT2D eigenvalue weighted by molar-refractivity contribution is -0.144. The van der Waals surface area contributed by atoms with E-state index in [-0.39, 0.29) is 30.3 Å². The minimum atomic E-state index is -0.915. The van der Waals surface area contributed by atoms with Gasteiger partial charge in [-0.3, -0.25) is 9.59 Å². The summed E-state index contributed by atoms with van der Waals surface area (Å²) in [6.45, 7) is 2.16. The van der Waals surface area contributed by atoms with Gasteiger partial charge >= 0.3 is 0 Å². The first-order valence-electron chi connectivity index (χ1n) is 5.93. The third-order valence-electron chi connectivity index (χ3n) is 3.15. The average Bonchev–Trinajstić information content (AvgIpc) is 2.48. The lowest BCUT2D eigenvalue weighted by Gasteiger charge is -2.35. The standard InChI is InChI=1S/C13H17NO4/c1-9(7-17-2)14-12(16)8-18-13-6-5-10(13)3-4-11(13)15/h3-6,9-10H,7-8H2,1-2H3,(H,14,16)/t9-,10?,13?/m0/s1. The molecule has 2 rings (SSSR count). The van der Waals surface area contributed by atoms with E-state index < -0.39 is 5.60 Å². The van der Waals surface area contributed by atoms with Crippen LogP contribution in [0.3, 0.4) is 0 Å². The van der Waals surface area contributed by atoms with E-state index in [0.29, 0.717) is 6.61 Å². The van der Waals surface area contributed by atoms with E-state index in [9.17, 15) is 9.59 Å². The van der Waals surface area contributed by atoms with E-state index in [2.05, 4.69) is 5.32 Å². The second-order valence-electron chi connectivity index (χ2n) is 4.61. The number of rotatable bonds is 6. The molecular formula is C13H17NO4. The summed E-state index contributed by atoms with van der Waals surface area (Å²) in [5.74, 6) is -0.352. The van der Waals surface area contributed by atoms with Crippen molar-refractivity contribution in [3.63, 3.8) is 0 Å². The molecule has 0 fully saturated rings. The zero-order chi connectivity index (χ0) is 13.2. The fraction of sp³-hybridized carbons (Fsp3) is 0.538. The molecule has 2 aliphatic carbocycles. The van der Waals surface area contributed by atoms with Gasteiger partial charge in [0.1, 0.15) is 6.61 Å². The molecule has 98 valence electrons. The smallest absolute Gasteiger partial charge is 0.246 e. The predicted octanol–water partition coefficient (Wildman–Crippen LogP) is 0.218. The van der Waals surface area contributed by atoms with Crippen molar-refractivity contribution in [1.82, 2.24) is 5.32 Å². The number of ketones is 1. The van der Waals surface area contributed by atoms with Gasteiger partial charge < -0.3 is 14.8 Å². The Morgan fingerprint density at radius 1 is 1.56 bits per heavy atom. The average molecular weight is 251 g/mol. The van der Waals surface area contributed by atoms with Gasteiger partial charge in [-0.05, 0) is 19.1 Å². The first-order valence-corrected chi connectivity index (χ1v) is 5.93. The van der Waals surface area contributed by atoms with Crippen molar-refractivity contribution in [2.75, 3.05) is 20.3 Å². The third-order valence-corrected chi connectivity index (χ3v) is 3.15. The van der Waals surface area contributed by atoms with Crippen molar-refractivity contribution in [3.05, 3.63) is 24.3 Å². The Morgan fingerprint density at radius 3 is 2.89 bits per heavy atom. The Bertz CT molecular complexity index is 415. The van der Waals surface area contributed by atoms with Gasteiger partial charge in [0, 0.05) is 19.1 Å². The Morgan fingerprint density at radius 2 is 2.33 bits per heavy atom. The molecule has 0 heterocycles. The lowest BCUT2D eigenvalue weighted by Crippen LogP contribution is -2.49. The van der Waals surface area contributed by atoms with E-state index >= 15 is 0 Å². The molecule has 1 N–H and O–H groups in total. The van der Waals surface area contributed by atoms with E-state index in [4.69, 9.17) is 9.47 Å². The summed E-state index contributed by atoms with van der Waals surface area (Å²) in [6, 6.07) is -0.0752. The van der Waals surface area contributed by atoms with Crippen molar-refractivity contribution in [2.24, 2.45) is 5.92 Å². The molecule has 0 bridgehead atoms. The van der Waals surface area contributed by atoms with Crippen LogP contribution in [0.25, 0.3) is 0 Å². The van der Waals surface area contributed by atoms with Gasteiger partial charge in [-0.25, -0.2) is 0 Å². The molecule has 0 aromatic rings. The number of hydrogen-bond acceptors (Lipinski definition) is 4. The molecule has 5 heteroatoms. The van der Waals surface area contributed by atoms with Crippen LogP contribution < -0.4 is 5.32 Å². The van der Waals surface area contributed by atoms with E-state index in [1.54, 1.807) is 19.3 Å². The maximum Gasteiger partial charge on any atom is 0.246 e. The molecular weight excluding hydrogens is 234 g/mol. The topological polar surface area (TPSA) is 64.6 Å². The highest BCUT2D eigenvalue weighted by molar-refractivity contribution is 6.03. The van der Waals surface area contributed by atoms with Crippen LogP contribution in [0.1, 0.15) is 6.92 Å². The number of amides is 1. The highest BCUT2D eigenvalue weighted by atomic mass is 16.5. The number of methoxy groups -OCH3 is 1. The number of hydrogen-bond donors (Lipinski definition) is 1. The first-order chi connectivity index (χ1) is 8.58. The van der Waals surface area contributed by atoms with Crippen molar-refractivity contribution < 1.29 is 19.1 Å². The Kier molecular flexibility index (Phi) is 3.63. The molecule has 0 aliphatic heterocycles. The zero-order valence-corrected chi connectivity index (χ0v) is 10.5. The molecule has 1 amide bonds. The molecule has 5 nitrogen and oxygen atoms in total. The number of nitrogens with one attached hydrogen (secondary N) is 1. The Balaban J connectivity index is 1.80. The maximum atomic E-state index is 11.7. The van der Waals surface area contributed by atoms with Gasteiger partial charge in [0.25, 0.3) is 0 Å². The minimum absolute atomic E-state index is 0.0193. The second kappa shape index (κ2) is 5.04. The van der Waals surface area contributed by atoms with E-state index in [1.807, 2.05) is 13.0 Å². The molecule has 0 aromatic heterocycles.